The highest BCUT2D eigenvalue weighted by Crippen LogP contribution is 2.24. The summed E-state index contributed by atoms with van der Waals surface area (Å²) >= 11 is 0. The van der Waals surface area contributed by atoms with Gasteiger partial charge in [0.05, 0.1) is 90.8 Å². The van der Waals surface area contributed by atoms with Crippen LogP contribution in [0.1, 0.15) is 13.8 Å². The first-order chi connectivity index (χ1) is 30.1. The molecular weight excluding hydrogens is 863 g/mol. The zero-order valence-electron chi connectivity index (χ0n) is 35.4. The second kappa shape index (κ2) is 33.8. The summed E-state index contributed by atoms with van der Waals surface area (Å²) < 4.78 is 98.9. The molecule has 2 unspecified atom stereocenters. The third-order valence-electron chi connectivity index (χ3n) is 7.50. The molecule has 63 heavy (non-hydrogen) atoms. The largest absolute Gasteiger partial charge is 0.451 e. The molecule has 0 saturated carbocycles. The molecule has 2 atom stereocenters. The minimum atomic E-state index is -3.94. The van der Waals surface area contributed by atoms with Crippen LogP contribution >= 0.6 is 0 Å². The van der Waals surface area contributed by atoms with Crippen molar-refractivity contribution < 1.29 is 79.7 Å². The number of aliphatic hydroxyl groups excluding tert-OH is 2. The number of guanidine groups is 1. The van der Waals surface area contributed by atoms with Gasteiger partial charge in [-0.3, -0.25) is 14.4 Å². The summed E-state index contributed by atoms with van der Waals surface area (Å²) in [4.78, 5) is 38.6. The van der Waals surface area contributed by atoms with Gasteiger partial charge >= 0.3 is 0 Å². The number of rotatable bonds is 36. The van der Waals surface area contributed by atoms with Crippen molar-refractivity contribution in [2.45, 2.75) is 31.0 Å². The molecule has 24 heteroatoms. The van der Waals surface area contributed by atoms with Gasteiger partial charge in [0.25, 0.3) is 17.7 Å². The lowest BCUT2D eigenvalue weighted by atomic mass is 10.2. The monoisotopic (exact) mass is 922 g/mol. The van der Waals surface area contributed by atoms with Crippen LogP contribution in [0.2, 0.25) is 0 Å². The van der Waals surface area contributed by atoms with Gasteiger partial charge in [-0.25, -0.2) is 21.9 Å². The van der Waals surface area contributed by atoms with E-state index in [0.29, 0.717) is 46.2 Å². The SMILES string of the molecule is C=C(F)\C(Oc1ccc(S(=O)(=O)NCCOCCOCCOCCOCCOCCOCCNC(=O)C(O)C(O)C(=O)NCCOCC)cc1)=C(F)/C=C/C=C(\C)C(=O)N=C(N)N. The van der Waals surface area contributed by atoms with Crippen LogP contribution < -0.4 is 31.6 Å². The Balaban J connectivity index is 2.10. The molecule has 0 fully saturated rings. The van der Waals surface area contributed by atoms with E-state index in [1.165, 1.54) is 37.3 Å². The van der Waals surface area contributed by atoms with Crippen LogP contribution in [0.15, 0.2) is 81.9 Å². The average Bonchev–Trinajstić information content (AvgIpc) is 3.24. The Morgan fingerprint density at radius 2 is 1.17 bits per heavy atom. The van der Waals surface area contributed by atoms with E-state index in [1.807, 2.05) is 0 Å². The molecule has 0 aliphatic carbocycles. The van der Waals surface area contributed by atoms with Gasteiger partial charge in [-0.1, -0.05) is 18.7 Å². The minimum absolute atomic E-state index is 0.0401. The number of nitrogens with two attached hydrogens (primary N) is 2. The van der Waals surface area contributed by atoms with Crippen LogP contribution in [0.3, 0.4) is 0 Å². The van der Waals surface area contributed by atoms with Gasteiger partial charge in [-0.2, -0.15) is 4.99 Å². The Bertz CT molecular complexity index is 1760. The molecule has 0 aliphatic rings. The molecule has 0 aromatic heterocycles. The number of hydrogen-bond donors (Lipinski definition) is 7. The summed E-state index contributed by atoms with van der Waals surface area (Å²) in [5.74, 6) is -6.34. The standard InChI is InChI=1S/C39H60F2N6O15S/c1-4-55-15-12-44-37(51)33(48)34(49)38(52)45-13-16-56-18-20-58-22-24-60-26-27-61-25-23-59-21-19-57-17-14-46-63(53,54)31-10-8-30(9-11-31)62-35(29(3)40)32(41)7-5-6-28(2)36(50)47-39(42)43/h5-11,33-34,46,48-49H,3-4,12-27H2,1-2H3,(H,44,51)(H,45,52)(H4,42,43,47,50)/b7-5+,28-6+,35-32-. The normalized spacial score (nSPS) is 13.3. The molecule has 0 aliphatic heterocycles. The fraction of sp³-hybridized carbons (Fsp3) is 0.538. The second-order valence-electron chi connectivity index (χ2n) is 12.4. The third-order valence-corrected chi connectivity index (χ3v) is 8.98. The Labute approximate surface area is 365 Å². The summed E-state index contributed by atoms with van der Waals surface area (Å²) in [5.41, 5.74) is 10.4. The van der Waals surface area contributed by atoms with E-state index in [2.05, 4.69) is 26.9 Å². The maximum atomic E-state index is 14.6. The van der Waals surface area contributed by atoms with Crippen molar-refractivity contribution in [2.24, 2.45) is 16.5 Å². The fourth-order valence-corrected chi connectivity index (χ4v) is 5.35. The first kappa shape index (κ1) is 56.3. The van der Waals surface area contributed by atoms with Crippen LogP contribution in [0.25, 0.3) is 0 Å². The van der Waals surface area contributed by atoms with Crippen molar-refractivity contribution in [1.82, 2.24) is 15.4 Å². The maximum absolute atomic E-state index is 14.6. The Morgan fingerprint density at radius 3 is 1.60 bits per heavy atom. The lowest BCUT2D eigenvalue weighted by Gasteiger charge is -2.17. The molecule has 1 rings (SSSR count). The van der Waals surface area contributed by atoms with Crippen molar-refractivity contribution in [3.63, 3.8) is 0 Å². The van der Waals surface area contributed by atoms with E-state index in [0.717, 1.165) is 12.2 Å². The molecule has 9 N–H and O–H groups in total. The fourth-order valence-electron chi connectivity index (χ4n) is 4.33. The number of carbonyl (C=O) groups is 3. The number of benzene rings is 1. The highest BCUT2D eigenvalue weighted by molar-refractivity contribution is 7.89. The molecular formula is C39H60F2N6O15S. The predicted octanol–water partition coefficient (Wildman–Crippen LogP) is -0.599. The molecule has 0 spiro atoms. The summed E-state index contributed by atoms with van der Waals surface area (Å²) in [6, 6.07) is 4.77. The quantitative estimate of drug-likeness (QED) is 0.0110. The van der Waals surface area contributed by atoms with Crippen LogP contribution in [-0.2, 0) is 57.6 Å². The molecule has 0 radical (unpaired) electrons. The summed E-state index contributed by atoms with van der Waals surface area (Å²) in [7, 11) is -3.94. The zero-order valence-corrected chi connectivity index (χ0v) is 36.2. The average molecular weight is 923 g/mol. The van der Waals surface area contributed by atoms with Gasteiger partial charge in [0.15, 0.2) is 35.6 Å². The van der Waals surface area contributed by atoms with E-state index >= 15 is 0 Å². The number of ether oxygens (including phenoxy) is 8. The number of allylic oxidation sites excluding steroid dienone is 5. The van der Waals surface area contributed by atoms with Crippen LogP contribution in [0.5, 0.6) is 5.75 Å². The molecule has 356 valence electrons. The molecule has 3 amide bonds. The topological polar surface area (TPSA) is 300 Å². The smallest absolute Gasteiger partial charge is 0.275 e. The van der Waals surface area contributed by atoms with Crippen molar-refractivity contribution in [2.75, 3.05) is 112 Å². The minimum Gasteiger partial charge on any atom is -0.451 e. The predicted molar refractivity (Wildman–Crippen MR) is 224 cm³/mol. The van der Waals surface area contributed by atoms with Crippen LogP contribution in [0, 0.1) is 0 Å². The van der Waals surface area contributed by atoms with E-state index in [1.54, 1.807) is 6.92 Å². The van der Waals surface area contributed by atoms with Crippen LogP contribution in [0.4, 0.5) is 8.78 Å². The van der Waals surface area contributed by atoms with Gasteiger partial charge in [-0.05, 0) is 44.2 Å². The van der Waals surface area contributed by atoms with Gasteiger partial charge in [-0.15, -0.1) is 0 Å². The molecule has 21 nitrogen and oxygen atoms in total. The highest BCUT2D eigenvalue weighted by atomic mass is 32.2. The van der Waals surface area contributed by atoms with Crippen molar-refractivity contribution in [3.05, 3.63) is 72.1 Å². The summed E-state index contributed by atoms with van der Waals surface area (Å²) in [6.07, 6.45) is -0.722. The number of halogens is 2. The van der Waals surface area contributed by atoms with Gasteiger partial charge in [0.2, 0.25) is 10.0 Å². The first-order valence-corrected chi connectivity index (χ1v) is 21.1. The summed E-state index contributed by atoms with van der Waals surface area (Å²) in [5, 5.41) is 24.4. The number of amides is 3. The van der Waals surface area contributed by atoms with E-state index < -0.39 is 63.3 Å². The number of nitrogens with one attached hydrogen (secondary N) is 3. The van der Waals surface area contributed by atoms with E-state index in [9.17, 15) is 41.8 Å². The highest BCUT2D eigenvalue weighted by Gasteiger charge is 2.29. The molecule has 1 aromatic rings. The lowest BCUT2D eigenvalue weighted by Crippen LogP contribution is -2.50. The van der Waals surface area contributed by atoms with Crippen molar-refractivity contribution in [1.29, 1.82) is 0 Å². The first-order valence-electron chi connectivity index (χ1n) is 19.6. The van der Waals surface area contributed by atoms with E-state index in [4.69, 9.17) is 49.4 Å². The molecule has 0 saturated heterocycles. The number of aliphatic imine (C=N–C) groups is 1. The molecule has 1 aromatic carbocycles. The van der Waals surface area contributed by atoms with Gasteiger partial charge < -0.3 is 70.2 Å². The van der Waals surface area contributed by atoms with Gasteiger partial charge in [0.1, 0.15) is 5.75 Å². The lowest BCUT2D eigenvalue weighted by molar-refractivity contribution is -0.146. The second-order valence-corrected chi connectivity index (χ2v) is 14.2. The number of hydrogen-bond acceptors (Lipinski definition) is 15. The van der Waals surface area contributed by atoms with Gasteiger partial charge in [0, 0.05) is 31.8 Å². The van der Waals surface area contributed by atoms with Crippen molar-refractivity contribution in [3.8, 4) is 5.75 Å². The van der Waals surface area contributed by atoms with Crippen molar-refractivity contribution >= 4 is 33.7 Å². The zero-order chi connectivity index (χ0) is 46.9. The Kier molecular flexibility index (Phi) is 30.2. The van der Waals surface area contributed by atoms with Crippen LogP contribution in [-0.4, -0.2) is 167 Å². The number of aliphatic hydroxyl groups is 2. The number of nitrogens with zero attached hydrogens (tertiary/aromatic N) is 1. The van der Waals surface area contributed by atoms with E-state index in [-0.39, 0.29) is 82.1 Å². The maximum Gasteiger partial charge on any atom is 0.275 e. The number of sulfonamides is 1. The molecule has 0 bridgehead atoms. The Morgan fingerprint density at radius 1 is 0.746 bits per heavy atom. The number of carbonyl (C=O) groups excluding carboxylic acids is 3. The Hall–Kier alpha value is -4.73. The third kappa shape index (κ3) is 26.5. The summed E-state index contributed by atoms with van der Waals surface area (Å²) in [6.45, 7) is 10.2. The molecule has 0 heterocycles.